The first-order valence-corrected chi connectivity index (χ1v) is 7.58. The van der Waals surface area contributed by atoms with Gasteiger partial charge in [0.25, 0.3) is 10.0 Å². The molecule has 9 nitrogen and oxygen atoms in total. The van der Waals surface area contributed by atoms with Gasteiger partial charge in [0.15, 0.2) is 0 Å². The molecule has 0 aliphatic heterocycles. The lowest BCUT2D eigenvalue weighted by molar-refractivity contribution is -0.145. The van der Waals surface area contributed by atoms with Crippen LogP contribution in [0.3, 0.4) is 0 Å². The standard InChI is InChI=1S/C9H14N4O5S2/c1-5(14)10-7-11-12-8(19-7)20(17,18)13(4)9(2,3)6(15)16/h1-4H3,(H,15,16)(H,10,11,14). The zero-order valence-electron chi connectivity index (χ0n) is 11.2. The number of aliphatic carboxylic acids is 1. The number of carboxylic acids is 1. The summed E-state index contributed by atoms with van der Waals surface area (Å²) in [6, 6.07) is 0. The SMILES string of the molecule is CC(=O)Nc1nnc(S(=O)(=O)N(C)C(C)(C)C(=O)O)s1. The molecule has 1 aromatic heterocycles. The van der Waals surface area contributed by atoms with Gasteiger partial charge in [-0.3, -0.25) is 9.59 Å². The second kappa shape index (κ2) is 5.42. The van der Waals surface area contributed by atoms with E-state index in [1.807, 2.05) is 0 Å². The summed E-state index contributed by atoms with van der Waals surface area (Å²) in [5.74, 6) is -1.71. The molecule has 0 spiro atoms. The maximum Gasteiger partial charge on any atom is 0.324 e. The molecule has 0 radical (unpaired) electrons. The number of carboxylic acid groups (broad SMARTS) is 1. The summed E-state index contributed by atoms with van der Waals surface area (Å²) in [4.78, 5) is 21.9. The molecule has 0 saturated heterocycles. The number of nitrogens with one attached hydrogen (secondary N) is 1. The third kappa shape index (κ3) is 3.11. The van der Waals surface area contributed by atoms with E-state index in [1.165, 1.54) is 20.8 Å². The van der Waals surface area contributed by atoms with Crippen molar-refractivity contribution in [2.75, 3.05) is 12.4 Å². The first-order valence-electron chi connectivity index (χ1n) is 5.33. The van der Waals surface area contributed by atoms with E-state index in [-0.39, 0.29) is 5.13 Å². The molecule has 20 heavy (non-hydrogen) atoms. The fourth-order valence-corrected chi connectivity index (χ4v) is 3.64. The van der Waals surface area contributed by atoms with E-state index in [9.17, 15) is 18.0 Å². The smallest absolute Gasteiger partial charge is 0.324 e. The number of likely N-dealkylation sites (N-methyl/N-ethyl adjacent to an activating group) is 1. The second-order valence-corrected chi connectivity index (χ2v) is 7.51. The summed E-state index contributed by atoms with van der Waals surface area (Å²) in [7, 11) is -2.97. The molecular weight excluding hydrogens is 308 g/mol. The molecule has 0 aliphatic rings. The number of anilines is 1. The molecule has 1 rings (SSSR count). The second-order valence-electron chi connectivity index (χ2n) is 4.39. The van der Waals surface area contributed by atoms with Gasteiger partial charge in [0.2, 0.25) is 15.4 Å². The van der Waals surface area contributed by atoms with Crippen LogP contribution in [0.4, 0.5) is 5.13 Å². The van der Waals surface area contributed by atoms with E-state index in [2.05, 4.69) is 15.5 Å². The van der Waals surface area contributed by atoms with E-state index in [0.717, 1.165) is 7.05 Å². The normalized spacial score (nSPS) is 12.4. The van der Waals surface area contributed by atoms with Crippen molar-refractivity contribution in [2.24, 2.45) is 0 Å². The van der Waals surface area contributed by atoms with Gasteiger partial charge in [-0.05, 0) is 13.8 Å². The Hall–Kier alpha value is -1.59. The van der Waals surface area contributed by atoms with Crippen molar-refractivity contribution < 1.29 is 23.1 Å². The van der Waals surface area contributed by atoms with E-state index in [1.54, 1.807) is 0 Å². The Balaban J connectivity index is 3.14. The van der Waals surface area contributed by atoms with Gasteiger partial charge in [-0.15, -0.1) is 10.2 Å². The van der Waals surface area contributed by atoms with Gasteiger partial charge in [-0.25, -0.2) is 8.42 Å². The first kappa shape index (κ1) is 16.5. The number of hydrogen-bond donors (Lipinski definition) is 2. The molecule has 0 fully saturated rings. The van der Waals surface area contributed by atoms with Crippen molar-refractivity contribution >= 4 is 38.4 Å². The summed E-state index contributed by atoms with van der Waals surface area (Å²) in [6.45, 7) is 3.75. The zero-order chi connectivity index (χ0) is 15.7. The van der Waals surface area contributed by atoms with Gasteiger partial charge in [0.05, 0.1) is 0 Å². The van der Waals surface area contributed by atoms with E-state index in [0.29, 0.717) is 15.6 Å². The lowest BCUT2D eigenvalue weighted by Crippen LogP contribution is -2.50. The third-order valence-electron chi connectivity index (χ3n) is 2.58. The molecular formula is C9H14N4O5S2. The molecule has 112 valence electrons. The monoisotopic (exact) mass is 322 g/mol. The minimum Gasteiger partial charge on any atom is -0.480 e. The van der Waals surface area contributed by atoms with Crippen molar-refractivity contribution in [3.63, 3.8) is 0 Å². The maximum absolute atomic E-state index is 12.2. The highest BCUT2D eigenvalue weighted by molar-refractivity contribution is 7.91. The van der Waals surface area contributed by atoms with Crippen molar-refractivity contribution in [3.8, 4) is 0 Å². The molecule has 0 saturated carbocycles. The highest BCUT2D eigenvalue weighted by Gasteiger charge is 2.41. The highest BCUT2D eigenvalue weighted by Crippen LogP contribution is 2.27. The zero-order valence-corrected chi connectivity index (χ0v) is 12.9. The topological polar surface area (TPSA) is 130 Å². The minimum absolute atomic E-state index is 0.0256. The molecule has 0 aliphatic carbocycles. The van der Waals surface area contributed by atoms with Crippen molar-refractivity contribution in [1.29, 1.82) is 0 Å². The minimum atomic E-state index is -4.11. The quantitative estimate of drug-likeness (QED) is 0.729. The predicted molar refractivity (Wildman–Crippen MR) is 70.9 cm³/mol. The molecule has 1 amide bonds. The molecule has 0 atom stereocenters. The summed E-state index contributed by atoms with van der Waals surface area (Å²) in [6.07, 6.45) is 0. The highest BCUT2D eigenvalue weighted by atomic mass is 32.2. The van der Waals surface area contributed by atoms with Crippen LogP contribution in [-0.2, 0) is 19.6 Å². The Kier molecular flexibility index (Phi) is 4.46. The number of nitrogens with zero attached hydrogens (tertiary/aromatic N) is 3. The number of hydrogen-bond acceptors (Lipinski definition) is 7. The Bertz CT molecular complexity index is 637. The van der Waals surface area contributed by atoms with Crippen LogP contribution in [0.1, 0.15) is 20.8 Å². The van der Waals surface area contributed by atoms with Crippen LogP contribution in [0.25, 0.3) is 0 Å². The average molecular weight is 322 g/mol. The van der Waals surface area contributed by atoms with Crippen LogP contribution in [-0.4, -0.2) is 52.5 Å². The van der Waals surface area contributed by atoms with Crippen molar-refractivity contribution in [3.05, 3.63) is 0 Å². The van der Waals surface area contributed by atoms with Gasteiger partial charge >= 0.3 is 5.97 Å². The average Bonchev–Trinajstić information content (AvgIpc) is 2.75. The molecule has 11 heteroatoms. The Morgan fingerprint density at radius 3 is 2.35 bits per heavy atom. The van der Waals surface area contributed by atoms with E-state index in [4.69, 9.17) is 5.11 Å². The summed E-state index contributed by atoms with van der Waals surface area (Å²) >= 11 is 0.648. The molecule has 0 bridgehead atoms. The van der Waals surface area contributed by atoms with E-state index < -0.39 is 31.8 Å². The van der Waals surface area contributed by atoms with Crippen molar-refractivity contribution in [1.82, 2.24) is 14.5 Å². The molecule has 1 heterocycles. The van der Waals surface area contributed by atoms with Crippen LogP contribution in [0.2, 0.25) is 0 Å². The Morgan fingerprint density at radius 1 is 1.35 bits per heavy atom. The van der Waals surface area contributed by atoms with Gasteiger partial charge in [0.1, 0.15) is 5.54 Å². The number of rotatable bonds is 5. The van der Waals surface area contributed by atoms with Crippen LogP contribution in [0.5, 0.6) is 0 Å². The van der Waals surface area contributed by atoms with Crippen LogP contribution in [0, 0.1) is 0 Å². The van der Waals surface area contributed by atoms with Gasteiger partial charge in [-0.1, -0.05) is 11.3 Å². The fourth-order valence-electron chi connectivity index (χ4n) is 1.07. The van der Waals surface area contributed by atoms with Gasteiger partial charge in [-0.2, -0.15) is 4.31 Å². The van der Waals surface area contributed by atoms with Crippen LogP contribution >= 0.6 is 11.3 Å². The Labute approximate surface area is 119 Å². The van der Waals surface area contributed by atoms with Gasteiger partial charge < -0.3 is 10.4 Å². The van der Waals surface area contributed by atoms with Crippen LogP contribution in [0.15, 0.2) is 4.34 Å². The number of amides is 1. The third-order valence-corrected chi connectivity index (χ3v) is 5.80. The summed E-state index contributed by atoms with van der Waals surface area (Å²) < 4.78 is 24.8. The van der Waals surface area contributed by atoms with E-state index >= 15 is 0 Å². The lowest BCUT2D eigenvalue weighted by atomic mass is 10.1. The van der Waals surface area contributed by atoms with Crippen molar-refractivity contribution in [2.45, 2.75) is 30.6 Å². The van der Waals surface area contributed by atoms with Gasteiger partial charge in [0, 0.05) is 14.0 Å². The maximum atomic E-state index is 12.2. The lowest BCUT2D eigenvalue weighted by Gasteiger charge is -2.29. The number of aromatic nitrogens is 2. The molecule has 0 aromatic carbocycles. The Morgan fingerprint density at radius 2 is 1.90 bits per heavy atom. The van der Waals surface area contributed by atoms with Crippen LogP contribution < -0.4 is 5.32 Å². The molecule has 1 aromatic rings. The first-order chi connectivity index (χ1) is 8.99. The molecule has 0 unspecified atom stereocenters. The largest absolute Gasteiger partial charge is 0.480 e. The number of sulfonamides is 1. The number of carbonyl (C=O) groups is 2. The number of carbonyl (C=O) groups excluding carboxylic acids is 1. The predicted octanol–water partition coefficient (Wildman–Crippen LogP) is -0.0198. The summed E-state index contributed by atoms with van der Waals surface area (Å²) in [5.41, 5.74) is -1.64. The summed E-state index contributed by atoms with van der Waals surface area (Å²) in [5, 5.41) is 18.4. The fraction of sp³-hybridized carbons (Fsp3) is 0.556. The molecule has 2 N–H and O–H groups in total.